The Labute approximate surface area is 233 Å². The minimum absolute atomic E-state index is 0.00365. The van der Waals surface area contributed by atoms with Gasteiger partial charge in [-0.1, -0.05) is 72.0 Å². The molecule has 0 aliphatic carbocycles. The number of rotatable bonds is 11. The summed E-state index contributed by atoms with van der Waals surface area (Å²) in [5.41, 5.74) is 3.40. The molecule has 0 unspecified atom stereocenters. The zero-order valence-electron chi connectivity index (χ0n) is 22.4. The number of carbonyl (C=O) groups excluding carboxylic acids is 2. The monoisotopic (exact) mass is 534 g/mol. The molecule has 40 heavy (non-hydrogen) atoms. The SMILES string of the molecule is Cc1cccc(CC[B]C(=O)c2ccc(C(=O)O)c3c(C(=O)NCCc4cccc(C)c4)ccc(C(=O)O)c23)c1. The van der Waals surface area contributed by atoms with Crippen molar-refractivity contribution in [2.75, 3.05) is 6.54 Å². The quantitative estimate of drug-likeness (QED) is 0.224. The third-order valence-electron chi connectivity index (χ3n) is 6.76. The number of carboxylic acid groups (broad SMARTS) is 2. The lowest BCUT2D eigenvalue weighted by molar-refractivity contribution is 0.0686. The van der Waals surface area contributed by atoms with Gasteiger partial charge in [0.25, 0.3) is 5.91 Å². The van der Waals surface area contributed by atoms with Gasteiger partial charge in [0, 0.05) is 28.4 Å². The number of fused-ring (bicyclic) bond motifs is 1. The molecule has 0 aliphatic heterocycles. The molecule has 7 nitrogen and oxygen atoms in total. The molecule has 0 aliphatic rings. The van der Waals surface area contributed by atoms with Crippen molar-refractivity contribution in [3.05, 3.63) is 117 Å². The second-order valence-corrected chi connectivity index (χ2v) is 9.77. The van der Waals surface area contributed by atoms with Crippen LogP contribution in [-0.2, 0) is 12.8 Å². The summed E-state index contributed by atoms with van der Waals surface area (Å²) in [5, 5.41) is 22.5. The fourth-order valence-corrected chi connectivity index (χ4v) is 4.88. The molecule has 0 atom stereocenters. The van der Waals surface area contributed by atoms with Gasteiger partial charge < -0.3 is 20.3 Å². The number of benzene rings is 4. The number of amides is 1. The molecule has 1 radical (unpaired) electrons. The lowest BCUT2D eigenvalue weighted by Gasteiger charge is -2.15. The van der Waals surface area contributed by atoms with Crippen LogP contribution in [0.25, 0.3) is 10.8 Å². The average Bonchev–Trinajstić information content (AvgIpc) is 2.91. The first kappa shape index (κ1) is 28.3. The van der Waals surface area contributed by atoms with Crippen molar-refractivity contribution in [2.24, 2.45) is 0 Å². The Morgan fingerprint density at radius 1 is 0.675 bits per heavy atom. The summed E-state index contributed by atoms with van der Waals surface area (Å²) in [5.74, 6) is -3.21. The molecule has 0 aromatic heterocycles. The van der Waals surface area contributed by atoms with Crippen LogP contribution in [0.2, 0.25) is 6.32 Å². The van der Waals surface area contributed by atoms with Crippen LogP contribution in [0.3, 0.4) is 0 Å². The summed E-state index contributed by atoms with van der Waals surface area (Å²) >= 11 is 0. The van der Waals surface area contributed by atoms with Crippen molar-refractivity contribution in [2.45, 2.75) is 33.0 Å². The molecule has 0 saturated heterocycles. The fraction of sp³-hybridized carbons (Fsp3) is 0.188. The number of hydrogen-bond donors (Lipinski definition) is 3. The predicted molar refractivity (Wildman–Crippen MR) is 155 cm³/mol. The molecule has 201 valence electrons. The van der Waals surface area contributed by atoms with Gasteiger partial charge in [-0.15, -0.1) is 0 Å². The first-order valence-electron chi connectivity index (χ1n) is 13.0. The van der Waals surface area contributed by atoms with Crippen molar-refractivity contribution in [3.8, 4) is 0 Å². The van der Waals surface area contributed by atoms with Gasteiger partial charge in [-0.05, 0) is 56.0 Å². The van der Waals surface area contributed by atoms with Crippen LogP contribution >= 0.6 is 0 Å². The first-order chi connectivity index (χ1) is 19.2. The van der Waals surface area contributed by atoms with Crippen LogP contribution in [0.5, 0.6) is 0 Å². The zero-order chi connectivity index (χ0) is 28.8. The van der Waals surface area contributed by atoms with Gasteiger partial charge >= 0.3 is 11.9 Å². The average molecular weight is 534 g/mol. The second-order valence-electron chi connectivity index (χ2n) is 9.77. The molecular formula is C32H29BNO6. The van der Waals surface area contributed by atoms with E-state index in [9.17, 15) is 29.4 Å². The van der Waals surface area contributed by atoms with Crippen molar-refractivity contribution < 1.29 is 29.4 Å². The topological polar surface area (TPSA) is 121 Å². The Bertz CT molecular complexity index is 1510. The van der Waals surface area contributed by atoms with E-state index in [0.717, 1.165) is 22.3 Å². The summed E-state index contributed by atoms with van der Waals surface area (Å²) in [6.45, 7) is 4.25. The highest BCUT2D eigenvalue weighted by atomic mass is 16.4. The molecular weight excluding hydrogens is 505 g/mol. The van der Waals surface area contributed by atoms with E-state index >= 15 is 0 Å². The number of carbonyl (C=O) groups is 4. The Balaban J connectivity index is 1.67. The van der Waals surface area contributed by atoms with Crippen LogP contribution in [-0.4, -0.2) is 47.6 Å². The molecule has 4 aromatic carbocycles. The number of aryl methyl sites for hydroxylation is 3. The van der Waals surface area contributed by atoms with E-state index in [1.807, 2.05) is 62.4 Å². The summed E-state index contributed by atoms with van der Waals surface area (Å²) < 4.78 is 0. The van der Waals surface area contributed by atoms with E-state index < -0.39 is 23.5 Å². The molecule has 4 rings (SSSR count). The highest BCUT2D eigenvalue weighted by molar-refractivity contribution is 6.78. The number of nitrogens with one attached hydrogen (secondary N) is 1. The van der Waals surface area contributed by atoms with E-state index in [1.54, 1.807) is 0 Å². The van der Waals surface area contributed by atoms with Gasteiger partial charge in [-0.25, -0.2) is 9.59 Å². The number of hydrogen-bond acceptors (Lipinski definition) is 4. The Morgan fingerprint density at radius 3 is 1.73 bits per heavy atom. The molecule has 0 bridgehead atoms. The van der Waals surface area contributed by atoms with Crippen LogP contribution in [0.4, 0.5) is 0 Å². The maximum atomic E-state index is 13.3. The minimum Gasteiger partial charge on any atom is -0.478 e. The molecule has 4 aromatic rings. The number of carboxylic acids is 2. The zero-order valence-corrected chi connectivity index (χ0v) is 22.4. The van der Waals surface area contributed by atoms with Gasteiger partial charge in [-0.2, -0.15) is 0 Å². The largest absolute Gasteiger partial charge is 0.478 e. The van der Waals surface area contributed by atoms with E-state index in [1.165, 1.54) is 31.5 Å². The van der Waals surface area contributed by atoms with Crippen LogP contribution in [0.1, 0.15) is 63.7 Å². The molecule has 8 heteroatoms. The Hall–Kier alpha value is -4.72. The molecule has 1 amide bonds. The van der Waals surface area contributed by atoms with Crippen LogP contribution < -0.4 is 5.32 Å². The standard InChI is InChI=1S/C32H29BNO6/c1-19-5-3-7-21(17-19)13-15-33-29(35)23-9-11-26(32(39)40)28-24(10-12-25(27(23)28)31(37)38)30(36)34-16-14-22-8-4-6-20(2)18-22/h3-12,17-18H,13-16H2,1-2H3,(H,34,36)(H,37,38)(H,39,40). The van der Waals surface area contributed by atoms with Crippen molar-refractivity contribution in [1.82, 2.24) is 5.32 Å². The number of aromatic carboxylic acids is 2. The van der Waals surface area contributed by atoms with Gasteiger partial charge in [-0.3, -0.25) is 4.79 Å². The lowest BCUT2D eigenvalue weighted by atomic mass is 9.65. The minimum atomic E-state index is -1.33. The van der Waals surface area contributed by atoms with E-state index in [4.69, 9.17) is 0 Å². The Morgan fingerprint density at radius 2 is 1.18 bits per heavy atom. The predicted octanol–water partition coefficient (Wildman–Crippen LogP) is 5.33. The smallest absolute Gasteiger partial charge is 0.336 e. The van der Waals surface area contributed by atoms with Gasteiger partial charge in [0.1, 0.15) is 5.68 Å². The molecule has 0 saturated carbocycles. The second kappa shape index (κ2) is 12.4. The summed E-state index contributed by atoms with van der Waals surface area (Å²) in [6, 6.07) is 20.9. The van der Waals surface area contributed by atoms with Crippen LogP contribution in [0, 0.1) is 13.8 Å². The molecule has 0 spiro atoms. The van der Waals surface area contributed by atoms with E-state index in [2.05, 4.69) is 5.32 Å². The van der Waals surface area contributed by atoms with Gasteiger partial charge in [0.2, 0.25) is 7.28 Å². The lowest BCUT2D eigenvalue weighted by Crippen LogP contribution is -2.26. The summed E-state index contributed by atoms with van der Waals surface area (Å²) in [6.07, 6.45) is 1.58. The third-order valence-corrected chi connectivity index (χ3v) is 6.76. The van der Waals surface area contributed by atoms with Gasteiger partial charge in [0.05, 0.1) is 11.1 Å². The van der Waals surface area contributed by atoms with Gasteiger partial charge in [0.15, 0.2) is 0 Å². The highest BCUT2D eigenvalue weighted by Crippen LogP contribution is 2.31. The van der Waals surface area contributed by atoms with Crippen molar-refractivity contribution in [1.29, 1.82) is 0 Å². The van der Waals surface area contributed by atoms with Crippen molar-refractivity contribution >= 4 is 41.6 Å². The molecule has 0 fully saturated rings. The normalized spacial score (nSPS) is 10.8. The molecule has 0 heterocycles. The third kappa shape index (κ3) is 6.46. The maximum absolute atomic E-state index is 13.3. The Kier molecular flexibility index (Phi) is 8.79. The molecule has 3 N–H and O–H groups in total. The first-order valence-corrected chi connectivity index (χ1v) is 13.0. The van der Waals surface area contributed by atoms with Crippen LogP contribution in [0.15, 0.2) is 72.8 Å². The van der Waals surface area contributed by atoms with E-state index in [-0.39, 0.29) is 39.6 Å². The highest BCUT2D eigenvalue weighted by Gasteiger charge is 2.25. The van der Waals surface area contributed by atoms with E-state index in [0.29, 0.717) is 19.2 Å². The van der Waals surface area contributed by atoms with Crippen molar-refractivity contribution in [3.63, 3.8) is 0 Å². The summed E-state index contributed by atoms with van der Waals surface area (Å²) in [4.78, 5) is 50.9. The maximum Gasteiger partial charge on any atom is 0.336 e. The summed E-state index contributed by atoms with van der Waals surface area (Å²) in [7, 11) is 1.47. The fourth-order valence-electron chi connectivity index (χ4n) is 4.88.